The molecule has 1 atom stereocenters. The SMILES string of the molecule is C#CCNC(C)(C(=O)OC)c1ccc(OC)c(F)c1. The van der Waals surface area contributed by atoms with E-state index in [0.717, 1.165) is 0 Å². The van der Waals surface area contributed by atoms with Crippen LogP contribution in [-0.2, 0) is 15.1 Å². The summed E-state index contributed by atoms with van der Waals surface area (Å²) in [5.74, 6) is 1.37. The van der Waals surface area contributed by atoms with Gasteiger partial charge in [-0.1, -0.05) is 12.0 Å². The Labute approximate surface area is 111 Å². The normalized spacial score (nSPS) is 13.2. The fourth-order valence-corrected chi connectivity index (χ4v) is 1.70. The van der Waals surface area contributed by atoms with E-state index < -0.39 is 17.3 Å². The van der Waals surface area contributed by atoms with Gasteiger partial charge in [0, 0.05) is 0 Å². The summed E-state index contributed by atoms with van der Waals surface area (Å²) >= 11 is 0. The molecule has 1 unspecified atom stereocenters. The Hall–Kier alpha value is -2.06. The molecule has 0 spiro atoms. The molecule has 0 bridgehead atoms. The van der Waals surface area contributed by atoms with Gasteiger partial charge in [0.25, 0.3) is 0 Å². The van der Waals surface area contributed by atoms with E-state index in [4.69, 9.17) is 15.9 Å². The zero-order valence-corrected chi connectivity index (χ0v) is 11.1. The van der Waals surface area contributed by atoms with Crippen molar-refractivity contribution < 1.29 is 18.7 Å². The van der Waals surface area contributed by atoms with Crippen LogP contribution in [0.4, 0.5) is 4.39 Å². The predicted molar refractivity (Wildman–Crippen MR) is 69.2 cm³/mol. The largest absolute Gasteiger partial charge is 0.494 e. The molecule has 1 aromatic carbocycles. The van der Waals surface area contributed by atoms with Gasteiger partial charge in [-0.3, -0.25) is 5.32 Å². The van der Waals surface area contributed by atoms with Crippen molar-refractivity contribution in [2.24, 2.45) is 0 Å². The molecular weight excluding hydrogens is 249 g/mol. The molecule has 1 N–H and O–H groups in total. The zero-order chi connectivity index (χ0) is 14.5. The minimum absolute atomic E-state index is 0.105. The van der Waals surface area contributed by atoms with Crippen LogP contribution in [0, 0.1) is 18.2 Å². The lowest BCUT2D eigenvalue weighted by molar-refractivity contribution is -0.148. The molecule has 5 heteroatoms. The molecular formula is C14H16FNO3. The summed E-state index contributed by atoms with van der Waals surface area (Å²) in [6.45, 7) is 1.73. The Kier molecular flexibility index (Phi) is 4.90. The van der Waals surface area contributed by atoms with Crippen molar-refractivity contribution in [3.05, 3.63) is 29.6 Å². The number of carbonyl (C=O) groups is 1. The molecule has 0 heterocycles. The van der Waals surface area contributed by atoms with Crippen LogP contribution in [0.25, 0.3) is 0 Å². The highest BCUT2D eigenvalue weighted by molar-refractivity contribution is 5.82. The van der Waals surface area contributed by atoms with Gasteiger partial charge in [-0.25, -0.2) is 9.18 Å². The van der Waals surface area contributed by atoms with E-state index in [-0.39, 0.29) is 12.3 Å². The third kappa shape index (κ3) is 3.04. The second-order valence-electron chi connectivity index (χ2n) is 4.02. The van der Waals surface area contributed by atoms with Crippen LogP contribution in [0.5, 0.6) is 5.75 Å². The fourth-order valence-electron chi connectivity index (χ4n) is 1.70. The Balaban J connectivity index is 3.21. The van der Waals surface area contributed by atoms with Crippen LogP contribution < -0.4 is 10.1 Å². The van der Waals surface area contributed by atoms with Crippen LogP contribution in [-0.4, -0.2) is 26.7 Å². The molecule has 0 amide bonds. The van der Waals surface area contributed by atoms with Crippen molar-refractivity contribution in [2.75, 3.05) is 20.8 Å². The maximum absolute atomic E-state index is 13.7. The number of nitrogens with one attached hydrogen (secondary N) is 1. The first-order valence-corrected chi connectivity index (χ1v) is 5.60. The quantitative estimate of drug-likeness (QED) is 0.646. The van der Waals surface area contributed by atoms with Crippen molar-refractivity contribution >= 4 is 5.97 Å². The van der Waals surface area contributed by atoms with Gasteiger partial charge in [-0.15, -0.1) is 6.42 Å². The molecule has 0 saturated heterocycles. The van der Waals surface area contributed by atoms with Gasteiger partial charge in [0.05, 0.1) is 20.8 Å². The predicted octanol–water partition coefficient (Wildman–Crippen LogP) is 1.45. The highest BCUT2D eigenvalue weighted by Gasteiger charge is 2.36. The summed E-state index contributed by atoms with van der Waals surface area (Å²) < 4.78 is 23.3. The lowest BCUT2D eigenvalue weighted by Crippen LogP contribution is -2.47. The van der Waals surface area contributed by atoms with E-state index >= 15 is 0 Å². The molecule has 0 aliphatic rings. The maximum atomic E-state index is 13.7. The second kappa shape index (κ2) is 6.21. The highest BCUT2D eigenvalue weighted by atomic mass is 19.1. The fraction of sp³-hybridized carbons (Fsp3) is 0.357. The molecule has 0 aliphatic carbocycles. The molecule has 1 aromatic rings. The molecule has 0 fully saturated rings. The number of terminal acetylenes is 1. The van der Waals surface area contributed by atoms with E-state index in [1.54, 1.807) is 13.0 Å². The van der Waals surface area contributed by atoms with E-state index in [0.29, 0.717) is 5.56 Å². The van der Waals surface area contributed by atoms with E-state index in [2.05, 4.69) is 11.2 Å². The first-order valence-electron chi connectivity index (χ1n) is 5.60. The number of ether oxygens (including phenoxy) is 2. The zero-order valence-electron chi connectivity index (χ0n) is 11.1. The number of halogens is 1. The topological polar surface area (TPSA) is 47.6 Å². The Morgan fingerprint density at radius 3 is 2.68 bits per heavy atom. The van der Waals surface area contributed by atoms with Crippen LogP contribution in [0.3, 0.4) is 0 Å². The minimum atomic E-state index is -1.21. The Bertz CT molecular complexity index is 510. The lowest BCUT2D eigenvalue weighted by Gasteiger charge is -2.28. The number of methoxy groups -OCH3 is 2. The van der Waals surface area contributed by atoms with Gasteiger partial charge in [-0.2, -0.15) is 0 Å². The standard InChI is InChI=1S/C14H16FNO3/c1-5-8-16-14(2,13(17)19-4)10-6-7-12(18-3)11(15)9-10/h1,6-7,9,16H,8H2,2-4H3. The van der Waals surface area contributed by atoms with Gasteiger partial charge in [0.1, 0.15) is 5.54 Å². The molecule has 0 saturated carbocycles. The smallest absolute Gasteiger partial charge is 0.330 e. The molecule has 19 heavy (non-hydrogen) atoms. The molecule has 0 aromatic heterocycles. The number of carbonyl (C=O) groups excluding carboxylic acids is 1. The summed E-state index contributed by atoms with van der Waals surface area (Å²) in [4.78, 5) is 11.9. The third-order valence-electron chi connectivity index (χ3n) is 2.87. The van der Waals surface area contributed by atoms with E-state index in [1.807, 2.05) is 0 Å². The number of benzene rings is 1. The summed E-state index contributed by atoms with van der Waals surface area (Å²) in [7, 11) is 2.63. The van der Waals surface area contributed by atoms with Crippen LogP contribution >= 0.6 is 0 Å². The van der Waals surface area contributed by atoms with Gasteiger partial charge in [0.2, 0.25) is 0 Å². The first kappa shape index (κ1) is 15.0. The van der Waals surface area contributed by atoms with Gasteiger partial charge in [0.15, 0.2) is 11.6 Å². The number of hydrogen-bond donors (Lipinski definition) is 1. The molecule has 1 rings (SSSR count). The van der Waals surface area contributed by atoms with E-state index in [1.165, 1.54) is 26.4 Å². The third-order valence-corrected chi connectivity index (χ3v) is 2.87. The van der Waals surface area contributed by atoms with Crippen molar-refractivity contribution in [3.8, 4) is 18.1 Å². The minimum Gasteiger partial charge on any atom is -0.494 e. The number of esters is 1. The van der Waals surface area contributed by atoms with Crippen LogP contribution in [0.15, 0.2) is 18.2 Å². The highest BCUT2D eigenvalue weighted by Crippen LogP contribution is 2.27. The second-order valence-corrected chi connectivity index (χ2v) is 4.02. The lowest BCUT2D eigenvalue weighted by atomic mass is 9.91. The average Bonchev–Trinajstić information content (AvgIpc) is 2.43. The van der Waals surface area contributed by atoms with Crippen LogP contribution in [0.1, 0.15) is 12.5 Å². The maximum Gasteiger partial charge on any atom is 0.330 e. The summed E-state index contributed by atoms with van der Waals surface area (Å²) in [6.07, 6.45) is 5.17. The van der Waals surface area contributed by atoms with Crippen LogP contribution in [0.2, 0.25) is 0 Å². The number of rotatable bonds is 5. The van der Waals surface area contributed by atoms with Crippen molar-refractivity contribution in [2.45, 2.75) is 12.5 Å². The number of hydrogen-bond acceptors (Lipinski definition) is 4. The van der Waals surface area contributed by atoms with Crippen molar-refractivity contribution in [3.63, 3.8) is 0 Å². The van der Waals surface area contributed by atoms with E-state index in [9.17, 15) is 9.18 Å². The Morgan fingerprint density at radius 1 is 1.53 bits per heavy atom. The molecule has 4 nitrogen and oxygen atoms in total. The summed E-state index contributed by atoms with van der Waals surface area (Å²) in [5.41, 5.74) is -0.804. The average molecular weight is 265 g/mol. The van der Waals surface area contributed by atoms with Crippen molar-refractivity contribution in [1.82, 2.24) is 5.32 Å². The summed E-state index contributed by atoms with van der Waals surface area (Å²) in [5, 5.41) is 2.86. The van der Waals surface area contributed by atoms with Gasteiger partial charge < -0.3 is 9.47 Å². The van der Waals surface area contributed by atoms with Gasteiger partial charge >= 0.3 is 5.97 Å². The molecule has 0 aliphatic heterocycles. The first-order chi connectivity index (χ1) is 8.99. The molecule has 0 radical (unpaired) electrons. The summed E-state index contributed by atoms with van der Waals surface area (Å²) in [6, 6.07) is 4.25. The van der Waals surface area contributed by atoms with Gasteiger partial charge in [-0.05, 0) is 24.6 Å². The monoisotopic (exact) mass is 265 g/mol. The van der Waals surface area contributed by atoms with Crippen molar-refractivity contribution in [1.29, 1.82) is 0 Å². The Morgan fingerprint density at radius 2 is 2.21 bits per heavy atom. The molecule has 102 valence electrons.